The van der Waals surface area contributed by atoms with Gasteiger partial charge in [0, 0.05) is 19.3 Å². The Labute approximate surface area is 98.4 Å². The lowest BCUT2D eigenvalue weighted by Crippen LogP contribution is -2.56. The Morgan fingerprint density at radius 2 is 2.25 bits per heavy atom. The molecule has 0 spiro atoms. The van der Waals surface area contributed by atoms with Crippen LogP contribution in [0.15, 0.2) is 0 Å². The van der Waals surface area contributed by atoms with Crippen molar-refractivity contribution >= 4 is 5.97 Å². The van der Waals surface area contributed by atoms with Gasteiger partial charge in [0.05, 0.1) is 19.1 Å². The van der Waals surface area contributed by atoms with E-state index >= 15 is 0 Å². The number of piperidine rings is 1. The SMILES string of the molecule is CC(=O)OCC[N+]12CCCCC1CC(C)C2. The number of hydrogen-bond donors (Lipinski definition) is 0. The molecular formula is C13H24NO2+. The summed E-state index contributed by atoms with van der Waals surface area (Å²) in [6.45, 7) is 8.11. The number of nitrogens with zero attached hydrogens (tertiary/aromatic N) is 1. The van der Waals surface area contributed by atoms with Crippen molar-refractivity contribution in [1.29, 1.82) is 0 Å². The predicted octanol–water partition coefficient (Wildman–Crippen LogP) is 1.96. The molecule has 2 aliphatic rings. The molecule has 2 saturated heterocycles. The molecular weight excluding hydrogens is 202 g/mol. The smallest absolute Gasteiger partial charge is 0.302 e. The Morgan fingerprint density at radius 3 is 3.00 bits per heavy atom. The van der Waals surface area contributed by atoms with E-state index in [0.29, 0.717) is 6.61 Å². The molecule has 0 aromatic carbocycles. The summed E-state index contributed by atoms with van der Waals surface area (Å²) < 4.78 is 6.36. The first kappa shape index (κ1) is 11.9. The minimum absolute atomic E-state index is 0.140. The summed E-state index contributed by atoms with van der Waals surface area (Å²) >= 11 is 0. The quantitative estimate of drug-likeness (QED) is 0.543. The van der Waals surface area contributed by atoms with E-state index in [1.54, 1.807) is 0 Å². The van der Waals surface area contributed by atoms with Gasteiger partial charge >= 0.3 is 5.97 Å². The highest BCUT2D eigenvalue weighted by atomic mass is 16.5. The van der Waals surface area contributed by atoms with Gasteiger partial charge in [-0.2, -0.15) is 0 Å². The summed E-state index contributed by atoms with van der Waals surface area (Å²) in [7, 11) is 0. The standard InChI is InChI=1S/C13H24NO2/c1-11-9-13-5-3-4-6-14(13,10-11)7-8-16-12(2)15/h11,13H,3-10H2,1-2H3/q+1. The van der Waals surface area contributed by atoms with Gasteiger partial charge < -0.3 is 9.22 Å². The summed E-state index contributed by atoms with van der Waals surface area (Å²) in [4.78, 5) is 10.8. The molecule has 2 fully saturated rings. The third kappa shape index (κ3) is 2.40. The zero-order valence-corrected chi connectivity index (χ0v) is 10.6. The Balaban J connectivity index is 1.94. The average molecular weight is 226 g/mol. The summed E-state index contributed by atoms with van der Waals surface area (Å²) in [6.07, 6.45) is 5.50. The molecule has 0 bridgehead atoms. The van der Waals surface area contributed by atoms with Crippen LogP contribution >= 0.6 is 0 Å². The van der Waals surface area contributed by atoms with Crippen molar-refractivity contribution < 1.29 is 14.0 Å². The van der Waals surface area contributed by atoms with Crippen molar-refractivity contribution in [3.8, 4) is 0 Å². The highest BCUT2D eigenvalue weighted by Gasteiger charge is 2.46. The molecule has 0 aromatic heterocycles. The predicted molar refractivity (Wildman–Crippen MR) is 62.9 cm³/mol. The third-order valence-electron chi connectivity index (χ3n) is 4.36. The maximum atomic E-state index is 10.8. The number of fused-ring (bicyclic) bond motifs is 1. The maximum Gasteiger partial charge on any atom is 0.302 e. The number of hydrogen-bond acceptors (Lipinski definition) is 2. The van der Waals surface area contributed by atoms with E-state index in [1.807, 2.05) is 0 Å². The fourth-order valence-electron chi connectivity index (χ4n) is 3.76. The van der Waals surface area contributed by atoms with Crippen molar-refractivity contribution in [2.75, 3.05) is 26.2 Å². The van der Waals surface area contributed by atoms with E-state index in [9.17, 15) is 4.79 Å². The van der Waals surface area contributed by atoms with Crippen molar-refractivity contribution in [2.24, 2.45) is 5.92 Å². The molecule has 16 heavy (non-hydrogen) atoms. The van der Waals surface area contributed by atoms with Gasteiger partial charge in [0.1, 0.15) is 13.2 Å². The van der Waals surface area contributed by atoms with Crippen LogP contribution in [0.5, 0.6) is 0 Å². The van der Waals surface area contributed by atoms with Gasteiger partial charge in [0.15, 0.2) is 0 Å². The second-order valence-electron chi connectivity index (χ2n) is 5.68. The van der Waals surface area contributed by atoms with Crippen molar-refractivity contribution in [2.45, 2.75) is 45.6 Å². The number of carbonyl (C=O) groups excluding carboxylic acids is 1. The molecule has 0 aliphatic carbocycles. The van der Waals surface area contributed by atoms with Crippen LogP contribution in [0.4, 0.5) is 0 Å². The van der Waals surface area contributed by atoms with Crippen LogP contribution in [0.2, 0.25) is 0 Å². The molecule has 3 atom stereocenters. The van der Waals surface area contributed by atoms with Gasteiger partial charge in [0.2, 0.25) is 0 Å². The van der Waals surface area contributed by atoms with Crippen molar-refractivity contribution in [1.82, 2.24) is 0 Å². The monoisotopic (exact) mass is 226 g/mol. The fourth-order valence-corrected chi connectivity index (χ4v) is 3.76. The number of ether oxygens (including phenoxy) is 1. The molecule has 2 heterocycles. The van der Waals surface area contributed by atoms with Crippen LogP contribution in [0.1, 0.15) is 39.5 Å². The molecule has 0 amide bonds. The van der Waals surface area contributed by atoms with E-state index in [0.717, 1.165) is 18.5 Å². The van der Waals surface area contributed by atoms with Gasteiger partial charge in [-0.3, -0.25) is 4.79 Å². The van der Waals surface area contributed by atoms with E-state index in [4.69, 9.17) is 4.74 Å². The van der Waals surface area contributed by atoms with Gasteiger partial charge in [-0.25, -0.2) is 0 Å². The normalized spacial score (nSPS) is 38.1. The summed E-state index contributed by atoms with van der Waals surface area (Å²) in [5, 5.41) is 0. The first-order valence-electron chi connectivity index (χ1n) is 6.61. The first-order valence-corrected chi connectivity index (χ1v) is 6.61. The van der Waals surface area contributed by atoms with Crippen molar-refractivity contribution in [3.05, 3.63) is 0 Å². The first-order chi connectivity index (χ1) is 7.62. The number of quaternary nitrogens is 1. The molecule has 3 heteroatoms. The van der Waals surface area contributed by atoms with E-state index < -0.39 is 0 Å². The van der Waals surface area contributed by atoms with Crippen LogP contribution in [-0.2, 0) is 9.53 Å². The molecule has 0 aromatic rings. The van der Waals surface area contributed by atoms with Gasteiger partial charge in [0.25, 0.3) is 0 Å². The molecule has 92 valence electrons. The molecule has 0 N–H and O–H groups in total. The van der Waals surface area contributed by atoms with Gasteiger partial charge in [-0.1, -0.05) is 6.92 Å². The van der Waals surface area contributed by atoms with Gasteiger partial charge in [-0.05, 0) is 19.3 Å². The largest absolute Gasteiger partial charge is 0.460 e. The Hall–Kier alpha value is -0.570. The highest BCUT2D eigenvalue weighted by Crippen LogP contribution is 2.37. The summed E-state index contributed by atoms with van der Waals surface area (Å²) in [5.74, 6) is 0.708. The molecule has 2 rings (SSSR count). The van der Waals surface area contributed by atoms with E-state index in [2.05, 4.69) is 6.92 Å². The molecule has 2 aliphatic heterocycles. The topological polar surface area (TPSA) is 26.3 Å². The highest BCUT2D eigenvalue weighted by molar-refractivity contribution is 5.65. The Kier molecular flexibility index (Phi) is 3.53. The number of rotatable bonds is 3. The van der Waals surface area contributed by atoms with Crippen LogP contribution in [-0.4, -0.2) is 42.7 Å². The van der Waals surface area contributed by atoms with Crippen LogP contribution in [0.3, 0.4) is 0 Å². The van der Waals surface area contributed by atoms with Gasteiger partial charge in [-0.15, -0.1) is 0 Å². The number of esters is 1. The molecule has 3 nitrogen and oxygen atoms in total. The lowest BCUT2D eigenvalue weighted by molar-refractivity contribution is -0.945. The minimum Gasteiger partial charge on any atom is -0.460 e. The minimum atomic E-state index is -0.140. The second kappa shape index (κ2) is 4.74. The molecule has 0 saturated carbocycles. The van der Waals surface area contributed by atoms with E-state index in [1.165, 1.54) is 50.2 Å². The third-order valence-corrected chi connectivity index (χ3v) is 4.36. The van der Waals surface area contributed by atoms with Crippen LogP contribution in [0, 0.1) is 5.92 Å². The lowest BCUT2D eigenvalue weighted by Gasteiger charge is -2.43. The number of carbonyl (C=O) groups is 1. The van der Waals surface area contributed by atoms with Crippen LogP contribution in [0.25, 0.3) is 0 Å². The Morgan fingerprint density at radius 1 is 1.44 bits per heavy atom. The average Bonchev–Trinajstić information content (AvgIpc) is 2.53. The second-order valence-corrected chi connectivity index (χ2v) is 5.68. The van der Waals surface area contributed by atoms with Crippen molar-refractivity contribution in [3.63, 3.8) is 0 Å². The molecule has 0 radical (unpaired) electrons. The summed E-state index contributed by atoms with van der Waals surface area (Å²) in [5.41, 5.74) is 0. The van der Waals surface area contributed by atoms with Crippen LogP contribution < -0.4 is 0 Å². The summed E-state index contributed by atoms with van der Waals surface area (Å²) in [6, 6.07) is 0.847. The lowest BCUT2D eigenvalue weighted by atomic mass is 9.98. The Bertz CT molecular complexity index is 267. The maximum absolute atomic E-state index is 10.8. The van der Waals surface area contributed by atoms with E-state index in [-0.39, 0.29) is 5.97 Å². The fraction of sp³-hybridized carbons (Fsp3) is 0.923. The zero-order valence-electron chi connectivity index (χ0n) is 10.6. The molecule has 3 unspecified atom stereocenters. The zero-order chi connectivity index (χ0) is 11.6.